The number of hydrogen-bond donors (Lipinski definition) is 1. The molecule has 1 aliphatic carbocycles. The van der Waals surface area contributed by atoms with E-state index >= 15 is 0 Å². The van der Waals surface area contributed by atoms with Crippen LogP contribution in [0.2, 0.25) is 0 Å². The highest BCUT2D eigenvalue weighted by atomic mass is 19.4. The molecule has 4 rings (SSSR count). The number of alkyl halides is 3. The molecular formula is C19H22F3N7O. The fraction of sp³-hybridized carbons (Fsp3) is 0.474. The Morgan fingerprint density at radius 2 is 1.97 bits per heavy atom. The summed E-state index contributed by atoms with van der Waals surface area (Å²) in [6.45, 7) is 4.79. The number of halogens is 3. The maximum Gasteiger partial charge on any atom is 0.435 e. The lowest BCUT2D eigenvalue weighted by Crippen LogP contribution is -2.26. The van der Waals surface area contributed by atoms with Crippen LogP contribution < -0.4 is 5.32 Å². The number of carbonyl (C=O) groups is 1. The molecule has 0 saturated heterocycles. The monoisotopic (exact) mass is 421 g/mol. The van der Waals surface area contributed by atoms with Gasteiger partial charge in [0.25, 0.3) is 0 Å². The molecule has 1 saturated carbocycles. The van der Waals surface area contributed by atoms with E-state index in [0.717, 1.165) is 31.0 Å². The zero-order valence-corrected chi connectivity index (χ0v) is 16.6. The molecule has 1 aliphatic rings. The minimum absolute atomic E-state index is 0.0237. The van der Waals surface area contributed by atoms with Crippen molar-refractivity contribution >= 4 is 11.6 Å². The maximum absolute atomic E-state index is 13.1. The Labute approximate surface area is 170 Å². The van der Waals surface area contributed by atoms with Gasteiger partial charge >= 0.3 is 6.18 Å². The Kier molecular flexibility index (Phi) is 5.12. The third-order valence-electron chi connectivity index (χ3n) is 5.05. The summed E-state index contributed by atoms with van der Waals surface area (Å²) < 4.78 is 43.9. The first-order valence-corrected chi connectivity index (χ1v) is 9.76. The predicted molar refractivity (Wildman–Crippen MR) is 102 cm³/mol. The van der Waals surface area contributed by atoms with Gasteiger partial charge in [0.2, 0.25) is 5.91 Å². The molecule has 0 aromatic carbocycles. The molecule has 0 bridgehead atoms. The third kappa shape index (κ3) is 4.24. The van der Waals surface area contributed by atoms with Crippen molar-refractivity contribution in [3.63, 3.8) is 0 Å². The molecule has 0 radical (unpaired) electrons. The fourth-order valence-electron chi connectivity index (χ4n) is 3.26. The molecule has 3 aromatic heterocycles. The number of hydrogen-bond acceptors (Lipinski definition) is 4. The van der Waals surface area contributed by atoms with Gasteiger partial charge in [-0.25, -0.2) is 0 Å². The van der Waals surface area contributed by atoms with E-state index in [0.29, 0.717) is 17.9 Å². The average Bonchev–Trinajstić information content (AvgIpc) is 3.08. The van der Waals surface area contributed by atoms with E-state index in [-0.39, 0.29) is 5.92 Å². The summed E-state index contributed by atoms with van der Waals surface area (Å²) in [5.41, 5.74) is 0.917. The average molecular weight is 421 g/mol. The molecule has 3 heterocycles. The minimum Gasteiger partial charge on any atom is -0.322 e. The number of anilines is 1. The van der Waals surface area contributed by atoms with E-state index in [2.05, 4.69) is 20.6 Å². The van der Waals surface area contributed by atoms with Gasteiger partial charge in [0.1, 0.15) is 6.04 Å². The summed E-state index contributed by atoms with van der Waals surface area (Å²) in [7, 11) is 0. The Balaban J connectivity index is 1.45. The predicted octanol–water partition coefficient (Wildman–Crippen LogP) is 3.44. The van der Waals surface area contributed by atoms with Crippen molar-refractivity contribution in [2.45, 2.75) is 57.9 Å². The van der Waals surface area contributed by atoms with Crippen LogP contribution in [-0.4, -0.2) is 35.2 Å². The first kappa shape index (κ1) is 20.2. The van der Waals surface area contributed by atoms with E-state index in [9.17, 15) is 18.0 Å². The van der Waals surface area contributed by atoms with Crippen LogP contribution >= 0.6 is 0 Å². The molecule has 3 aromatic rings. The Bertz CT molecular complexity index is 1040. The zero-order valence-electron chi connectivity index (χ0n) is 16.6. The van der Waals surface area contributed by atoms with Crippen LogP contribution in [-0.2, 0) is 24.1 Å². The zero-order chi connectivity index (χ0) is 21.5. The number of aryl methyl sites for hydroxylation is 1. The molecule has 1 amide bonds. The van der Waals surface area contributed by atoms with Crippen LogP contribution in [0, 0.1) is 0 Å². The van der Waals surface area contributed by atoms with Crippen LogP contribution in [0.25, 0.3) is 0 Å². The number of nitrogens with zero attached hydrogens (tertiary/aromatic N) is 6. The summed E-state index contributed by atoms with van der Waals surface area (Å²) in [5, 5.41) is 14.8. The van der Waals surface area contributed by atoms with Crippen molar-refractivity contribution in [2.75, 3.05) is 5.32 Å². The minimum atomic E-state index is -4.54. The standard InChI is InChI=1S/C19H22F3N7O/c1-3-27-9-13(7-23-27)10-28-11-15(8-24-28)25-18(30)12(2)29-16(14-4-5-14)6-17(26-29)19(20,21)22/h6-9,11-12,14H,3-5,10H2,1-2H3,(H,25,30). The highest BCUT2D eigenvalue weighted by molar-refractivity contribution is 5.93. The molecule has 1 unspecified atom stereocenters. The Morgan fingerprint density at radius 3 is 2.60 bits per heavy atom. The van der Waals surface area contributed by atoms with Crippen molar-refractivity contribution in [3.8, 4) is 0 Å². The highest BCUT2D eigenvalue weighted by Crippen LogP contribution is 2.43. The third-order valence-corrected chi connectivity index (χ3v) is 5.05. The molecule has 30 heavy (non-hydrogen) atoms. The summed E-state index contributed by atoms with van der Waals surface area (Å²) in [4.78, 5) is 12.7. The second-order valence-electron chi connectivity index (χ2n) is 7.47. The van der Waals surface area contributed by atoms with Gasteiger partial charge in [0.15, 0.2) is 5.69 Å². The molecule has 1 atom stereocenters. The molecule has 1 fully saturated rings. The lowest BCUT2D eigenvalue weighted by molar-refractivity contribution is -0.141. The number of nitrogens with one attached hydrogen (secondary N) is 1. The van der Waals surface area contributed by atoms with Gasteiger partial charge in [0, 0.05) is 36.1 Å². The second-order valence-corrected chi connectivity index (χ2v) is 7.47. The second kappa shape index (κ2) is 7.62. The molecule has 160 valence electrons. The van der Waals surface area contributed by atoms with Crippen molar-refractivity contribution in [3.05, 3.63) is 47.8 Å². The van der Waals surface area contributed by atoms with Crippen LogP contribution in [0.15, 0.2) is 30.9 Å². The fourth-order valence-corrected chi connectivity index (χ4v) is 3.26. The topological polar surface area (TPSA) is 82.6 Å². The van der Waals surface area contributed by atoms with Gasteiger partial charge < -0.3 is 5.32 Å². The van der Waals surface area contributed by atoms with E-state index in [1.807, 2.05) is 13.1 Å². The quantitative estimate of drug-likeness (QED) is 0.634. The largest absolute Gasteiger partial charge is 0.435 e. The molecule has 0 spiro atoms. The van der Waals surface area contributed by atoms with Crippen LogP contribution in [0.4, 0.5) is 18.9 Å². The van der Waals surface area contributed by atoms with Crippen LogP contribution in [0.1, 0.15) is 55.6 Å². The number of rotatable bonds is 7. The van der Waals surface area contributed by atoms with Gasteiger partial charge in [-0.15, -0.1) is 0 Å². The number of amides is 1. The SMILES string of the molecule is CCn1cc(Cn2cc(NC(=O)C(C)n3nc(C(F)(F)F)cc3C3CC3)cn2)cn1. The summed E-state index contributed by atoms with van der Waals surface area (Å²) in [6.07, 6.45) is 3.90. The van der Waals surface area contributed by atoms with E-state index in [1.165, 1.54) is 17.8 Å². The van der Waals surface area contributed by atoms with Crippen LogP contribution in [0.5, 0.6) is 0 Å². The Hall–Kier alpha value is -3.11. The van der Waals surface area contributed by atoms with Gasteiger partial charge in [-0.05, 0) is 32.8 Å². The van der Waals surface area contributed by atoms with Crippen molar-refractivity contribution in [2.24, 2.45) is 0 Å². The lowest BCUT2D eigenvalue weighted by atomic mass is 10.2. The maximum atomic E-state index is 13.1. The van der Waals surface area contributed by atoms with Gasteiger partial charge in [-0.1, -0.05) is 0 Å². The van der Waals surface area contributed by atoms with Gasteiger partial charge in [0.05, 0.1) is 24.6 Å². The van der Waals surface area contributed by atoms with Crippen LogP contribution in [0.3, 0.4) is 0 Å². The Morgan fingerprint density at radius 1 is 1.23 bits per heavy atom. The molecule has 0 aliphatic heterocycles. The first-order chi connectivity index (χ1) is 14.2. The van der Waals surface area contributed by atoms with Crippen molar-refractivity contribution in [1.29, 1.82) is 0 Å². The highest BCUT2D eigenvalue weighted by Gasteiger charge is 2.39. The summed E-state index contributed by atoms with van der Waals surface area (Å²) in [5.74, 6) is -0.428. The number of carbonyl (C=O) groups excluding carboxylic acids is 1. The summed E-state index contributed by atoms with van der Waals surface area (Å²) in [6, 6.07) is 0.165. The van der Waals surface area contributed by atoms with E-state index in [4.69, 9.17) is 0 Å². The molecule has 8 nitrogen and oxygen atoms in total. The lowest BCUT2D eigenvalue weighted by Gasteiger charge is -2.15. The van der Waals surface area contributed by atoms with Crippen molar-refractivity contribution < 1.29 is 18.0 Å². The normalized spacial score (nSPS) is 15.4. The van der Waals surface area contributed by atoms with E-state index < -0.39 is 23.8 Å². The van der Waals surface area contributed by atoms with Gasteiger partial charge in [-0.3, -0.25) is 18.8 Å². The number of aromatic nitrogens is 6. The summed E-state index contributed by atoms with van der Waals surface area (Å²) >= 11 is 0. The van der Waals surface area contributed by atoms with Crippen molar-refractivity contribution in [1.82, 2.24) is 29.3 Å². The first-order valence-electron chi connectivity index (χ1n) is 9.76. The molecule has 11 heteroatoms. The van der Waals surface area contributed by atoms with Gasteiger partial charge in [-0.2, -0.15) is 28.5 Å². The molecular weight excluding hydrogens is 399 g/mol. The smallest absolute Gasteiger partial charge is 0.322 e. The van der Waals surface area contributed by atoms with E-state index in [1.54, 1.807) is 21.8 Å². The molecule has 1 N–H and O–H groups in total.